The topological polar surface area (TPSA) is 47.7 Å². The third-order valence-electron chi connectivity index (χ3n) is 3.27. The summed E-state index contributed by atoms with van der Waals surface area (Å²) < 4.78 is 4.20. The highest BCUT2D eigenvalue weighted by Gasteiger charge is 2.05. The minimum atomic E-state index is 0.778. The van der Waals surface area contributed by atoms with Gasteiger partial charge >= 0.3 is 0 Å². The van der Waals surface area contributed by atoms with Gasteiger partial charge < -0.3 is 14.5 Å². The predicted octanol–water partition coefficient (Wildman–Crippen LogP) is 1.56. The van der Waals surface area contributed by atoms with Crippen molar-refractivity contribution in [2.45, 2.75) is 13.1 Å². The van der Waals surface area contributed by atoms with Crippen molar-refractivity contribution < 1.29 is 0 Å². The van der Waals surface area contributed by atoms with Gasteiger partial charge in [0, 0.05) is 32.5 Å². The van der Waals surface area contributed by atoms with Gasteiger partial charge in [0.15, 0.2) is 0 Å². The number of imidazole rings is 2. The molecule has 98 valence electrons. The SMILES string of the molecule is Cn1c(CNCCn2ccnc2)nc2ccccc21. The number of hydrogen-bond donors (Lipinski definition) is 1. The number of para-hydroxylation sites is 2. The van der Waals surface area contributed by atoms with Crippen LogP contribution in [0.25, 0.3) is 11.0 Å². The normalized spacial score (nSPS) is 11.2. The van der Waals surface area contributed by atoms with E-state index in [-0.39, 0.29) is 0 Å². The lowest BCUT2D eigenvalue weighted by Crippen LogP contribution is -2.20. The number of hydrogen-bond acceptors (Lipinski definition) is 3. The van der Waals surface area contributed by atoms with Crippen molar-refractivity contribution in [3.05, 3.63) is 48.8 Å². The van der Waals surface area contributed by atoms with Gasteiger partial charge in [-0.05, 0) is 12.1 Å². The minimum Gasteiger partial charge on any atom is -0.336 e. The standard InChI is InChI=1S/C14H17N5/c1-18-13-5-3-2-4-12(13)17-14(18)10-15-6-8-19-9-7-16-11-19/h2-5,7,9,11,15H,6,8,10H2,1H3. The van der Waals surface area contributed by atoms with Crippen molar-refractivity contribution in [2.75, 3.05) is 6.54 Å². The molecule has 0 atom stereocenters. The molecule has 0 bridgehead atoms. The molecular weight excluding hydrogens is 238 g/mol. The molecule has 0 saturated heterocycles. The van der Waals surface area contributed by atoms with Gasteiger partial charge in [0.2, 0.25) is 0 Å². The summed E-state index contributed by atoms with van der Waals surface area (Å²) >= 11 is 0. The number of fused-ring (bicyclic) bond motifs is 1. The first-order valence-electron chi connectivity index (χ1n) is 6.41. The summed E-state index contributed by atoms with van der Waals surface area (Å²) in [7, 11) is 2.06. The van der Waals surface area contributed by atoms with E-state index in [0.29, 0.717) is 0 Å². The molecule has 0 radical (unpaired) electrons. The summed E-state index contributed by atoms with van der Waals surface area (Å²) in [5.74, 6) is 1.06. The quantitative estimate of drug-likeness (QED) is 0.704. The maximum Gasteiger partial charge on any atom is 0.123 e. The van der Waals surface area contributed by atoms with Gasteiger partial charge in [0.25, 0.3) is 0 Å². The lowest BCUT2D eigenvalue weighted by molar-refractivity contribution is 0.578. The summed E-state index contributed by atoms with van der Waals surface area (Å²) in [6.07, 6.45) is 5.60. The lowest BCUT2D eigenvalue weighted by atomic mass is 10.3. The van der Waals surface area contributed by atoms with Gasteiger partial charge in [-0.2, -0.15) is 0 Å². The maximum absolute atomic E-state index is 4.63. The van der Waals surface area contributed by atoms with Crippen molar-refractivity contribution >= 4 is 11.0 Å². The molecule has 3 aromatic rings. The highest BCUT2D eigenvalue weighted by Crippen LogP contribution is 2.13. The van der Waals surface area contributed by atoms with E-state index >= 15 is 0 Å². The molecule has 2 aromatic heterocycles. The number of nitrogens with zero attached hydrogens (tertiary/aromatic N) is 4. The van der Waals surface area contributed by atoms with Gasteiger partial charge in [-0.15, -0.1) is 0 Å². The zero-order chi connectivity index (χ0) is 13.1. The minimum absolute atomic E-state index is 0.778. The maximum atomic E-state index is 4.63. The van der Waals surface area contributed by atoms with Crippen LogP contribution >= 0.6 is 0 Å². The second-order valence-electron chi connectivity index (χ2n) is 4.55. The number of rotatable bonds is 5. The fourth-order valence-corrected chi connectivity index (χ4v) is 2.18. The van der Waals surface area contributed by atoms with Crippen LogP contribution in [-0.2, 0) is 20.1 Å². The Morgan fingerprint density at radius 1 is 1.26 bits per heavy atom. The van der Waals surface area contributed by atoms with Crippen molar-refractivity contribution in [1.82, 2.24) is 24.4 Å². The average Bonchev–Trinajstić information content (AvgIpc) is 3.04. The van der Waals surface area contributed by atoms with Crippen LogP contribution in [0, 0.1) is 0 Å². The molecule has 5 nitrogen and oxygen atoms in total. The molecule has 0 aliphatic carbocycles. The van der Waals surface area contributed by atoms with Gasteiger partial charge in [0.1, 0.15) is 5.82 Å². The third-order valence-corrected chi connectivity index (χ3v) is 3.27. The highest BCUT2D eigenvalue weighted by atomic mass is 15.1. The molecule has 2 heterocycles. The molecule has 0 saturated carbocycles. The van der Waals surface area contributed by atoms with E-state index in [9.17, 15) is 0 Å². The Labute approximate surface area is 111 Å². The number of nitrogens with one attached hydrogen (secondary N) is 1. The molecule has 5 heteroatoms. The van der Waals surface area contributed by atoms with Gasteiger partial charge in [0.05, 0.1) is 23.9 Å². The largest absolute Gasteiger partial charge is 0.336 e. The molecule has 1 N–H and O–H groups in total. The summed E-state index contributed by atoms with van der Waals surface area (Å²) in [6, 6.07) is 8.20. The zero-order valence-corrected chi connectivity index (χ0v) is 11.0. The number of aromatic nitrogens is 4. The first-order chi connectivity index (χ1) is 9.34. The monoisotopic (exact) mass is 255 g/mol. The molecule has 1 aromatic carbocycles. The van der Waals surface area contributed by atoms with E-state index in [1.807, 2.05) is 30.7 Å². The Kier molecular flexibility index (Phi) is 3.29. The third kappa shape index (κ3) is 2.51. The van der Waals surface area contributed by atoms with Crippen molar-refractivity contribution in [3.8, 4) is 0 Å². The second-order valence-corrected chi connectivity index (χ2v) is 4.55. The van der Waals surface area contributed by atoms with Crippen LogP contribution in [0.15, 0.2) is 43.0 Å². The van der Waals surface area contributed by atoms with E-state index in [4.69, 9.17) is 0 Å². The summed E-state index contributed by atoms with van der Waals surface area (Å²) in [6.45, 7) is 2.60. The van der Waals surface area contributed by atoms with Crippen LogP contribution in [-0.4, -0.2) is 25.6 Å². The molecule has 0 fully saturated rings. The van der Waals surface area contributed by atoms with E-state index in [0.717, 1.165) is 31.0 Å². The average molecular weight is 255 g/mol. The number of benzene rings is 1. The molecule has 3 rings (SSSR count). The van der Waals surface area contributed by atoms with E-state index in [1.54, 1.807) is 6.20 Å². The Hall–Kier alpha value is -2.14. The molecular formula is C14H17N5. The van der Waals surface area contributed by atoms with Crippen LogP contribution in [0.4, 0.5) is 0 Å². The van der Waals surface area contributed by atoms with Gasteiger partial charge in [-0.25, -0.2) is 9.97 Å². The molecule has 0 aliphatic rings. The van der Waals surface area contributed by atoms with Crippen LogP contribution < -0.4 is 5.32 Å². The van der Waals surface area contributed by atoms with Crippen molar-refractivity contribution in [3.63, 3.8) is 0 Å². The summed E-state index contributed by atoms with van der Waals surface area (Å²) in [4.78, 5) is 8.65. The van der Waals surface area contributed by atoms with Crippen molar-refractivity contribution in [2.24, 2.45) is 7.05 Å². The van der Waals surface area contributed by atoms with E-state index in [1.165, 1.54) is 5.52 Å². The molecule has 0 aliphatic heterocycles. The summed E-state index contributed by atoms with van der Waals surface area (Å²) in [5, 5.41) is 3.41. The van der Waals surface area contributed by atoms with Gasteiger partial charge in [-0.3, -0.25) is 0 Å². The zero-order valence-electron chi connectivity index (χ0n) is 11.0. The Balaban J connectivity index is 1.61. The van der Waals surface area contributed by atoms with E-state index in [2.05, 4.69) is 37.5 Å². The Morgan fingerprint density at radius 3 is 2.95 bits per heavy atom. The first kappa shape index (κ1) is 11.9. The van der Waals surface area contributed by atoms with Crippen LogP contribution in [0.5, 0.6) is 0 Å². The lowest BCUT2D eigenvalue weighted by Gasteiger charge is -2.05. The molecule has 0 amide bonds. The fourth-order valence-electron chi connectivity index (χ4n) is 2.18. The van der Waals surface area contributed by atoms with Crippen molar-refractivity contribution in [1.29, 1.82) is 0 Å². The Bertz CT molecular complexity index is 654. The Morgan fingerprint density at radius 2 is 2.16 bits per heavy atom. The van der Waals surface area contributed by atoms with Crippen LogP contribution in [0.1, 0.15) is 5.82 Å². The predicted molar refractivity (Wildman–Crippen MR) is 74.6 cm³/mol. The van der Waals surface area contributed by atoms with Crippen LogP contribution in [0.3, 0.4) is 0 Å². The first-order valence-corrected chi connectivity index (χ1v) is 6.41. The van der Waals surface area contributed by atoms with Gasteiger partial charge in [-0.1, -0.05) is 12.1 Å². The summed E-state index contributed by atoms with van der Waals surface area (Å²) in [5.41, 5.74) is 2.23. The molecule has 19 heavy (non-hydrogen) atoms. The molecule has 0 spiro atoms. The molecule has 0 unspecified atom stereocenters. The number of aryl methyl sites for hydroxylation is 1. The highest BCUT2D eigenvalue weighted by molar-refractivity contribution is 5.75. The smallest absolute Gasteiger partial charge is 0.123 e. The van der Waals surface area contributed by atoms with Crippen LogP contribution in [0.2, 0.25) is 0 Å². The van der Waals surface area contributed by atoms with E-state index < -0.39 is 0 Å². The fraction of sp³-hybridized carbons (Fsp3) is 0.286. The second kappa shape index (κ2) is 5.24.